The summed E-state index contributed by atoms with van der Waals surface area (Å²) in [5, 5.41) is 0. The number of aryl methyl sites for hydroxylation is 1. The fourth-order valence-corrected chi connectivity index (χ4v) is 2.81. The van der Waals surface area contributed by atoms with E-state index in [4.69, 9.17) is 14.2 Å². The molecule has 1 aromatic heterocycles. The van der Waals surface area contributed by atoms with Gasteiger partial charge in [-0.2, -0.15) is 0 Å². The number of thiophene rings is 1. The van der Waals surface area contributed by atoms with Crippen molar-refractivity contribution in [2.45, 2.75) is 20.0 Å². The van der Waals surface area contributed by atoms with Crippen LogP contribution in [0, 0.1) is 0 Å². The minimum Gasteiger partial charge on any atom is -0.493 e. The fraction of sp³-hybridized carbons (Fsp3) is 0.312. The Morgan fingerprint density at radius 2 is 1.71 bits per heavy atom. The smallest absolute Gasteiger partial charge is 0.203 e. The summed E-state index contributed by atoms with van der Waals surface area (Å²) in [6, 6.07) is 7.43. The highest BCUT2D eigenvalue weighted by molar-refractivity contribution is 7.11. The van der Waals surface area contributed by atoms with Crippen LogP contribution in [0.2, 0.25) is 0 Å². The molecule has 0 radical (unpaired) electrons. The third-order valence-corrected chi connectivity index (χ3v) is 4.25. The van der Waals surface area contributed by atoms with E-state index in [1.165, 1.54) is 19.1 Å². The second kappa shape index (κ2) is 7.13. The quantitative estimate of drug-likeness (QED) is 0.731. The van der Waals surface area contributed by atoms with Gasteiger partial charge in [0.05, 0.1) is 14.2 Å². The highest BCUT2D eigenvalue weighted by Gasteiger charge is 2.14. The van der Waals surface area contributed by atoms with Gasteiger partial charge in [0.25, 0.3) is 0 Å². The summed E-state index contributed by atoms with van der Waals surface area (Å²) in [5.74, 6) is 1.49. The second-order valence-corrected chi connectivity index (χ2v) is 5.64. The molecule has 0 aliphatic carbocycles. The van der Waals surface area contributed by atoms with Gasteiger partial charge in [0, 0.05) is 15.3 Å². The van der Waals surface area contributed by atoms with E-state index in [1.54, 1.807) is 23.5 Å². The van der Waals surface area contributed by atoms with E-state index in [0.29, 0.717) is 29.4 Å². The van der Waals surface area contributed by atoms with Gasteiger partial charge in [-0.3, -0.25) is 4.79 Å². The summed E-state index contributed by atoms with van der Waals surface area (Å²) >= 11 is 1.72. The Morgan fingerprint density at radius 3 is 2.19 bits per heavy atom. The van der Waals surface area contributed by atoms with Gasteiger partial charge in [-0.05, 0) is 30.7 Å². The van der Waals surface area contributed by atoms with Crippen molar-refractivity contribution < 1.29 is 19.0 Å². The summed E-state index contributed by atoms with van der Waals surface area (Å²) in [4.78, 5) is 13.4. The third kappa shape index (κ3) is 3.55. The molecule has 21 heavy (non-hydrogen) atoms. The van der Waals surface area contributed by atoms with Crippen molar-refractivity contribution in [3.63, 3.8) is 0 Å². The summed E-state index contributed by atoms with van der Waals surface area (Å²) in [6.07, 6.45) is 1.77. The van der Waals surface area contributed by atoms with E-state index in [0.717, 1.165) is 17.6 Å². The molecule has 0 aliphatic rings. The number of hydrogen-bond acceptors (Lipinski definition) is 5. The number of carbonyl (C=O) groups is 1. The first-order chi connectivity index (χ1) is 10.2. The molecule has 0 saturated carbocycles. The number of carbonyl (C=O) groups excluding carboxylic acids is 1. The van der Waals surface area contributed by atoms with E-state index in [1.807, 2.05) is 0 Å². The lowest BCUT2D eigenvalue weighted by molar-refractivity contribution is 0.112. The number of benzene rings is 1. The van der Waals surface area contributed by atoms with E-state index >= 15 is 0 Å². The van der Waals surface area contributed by atoms with Crippen LogP contribution in [-0.4, -0.2) is 20.5 Å². The van der Waals surface area contributed by atoms with Crippen LogP contribution in [0.25, 0.3) is 0 Å². The standard InChI is InChI=1S/C16H18O4S/c1-4-12-5-6-13(21-12)10-20-16-14(18-2)7-11(9-17)8-15(16)19-3/h5-9H,4,10H2,1-3H3. The maximum absolute atomic E-state index is 10.9. The molecule has 0 unspecified atom stereocenters. The summed E-state index contributed by atoms with van der Waals surface area (Å²) in [6.45, 7) is 2.57. The minimum atomic E-state index is 0.442. The first-order valence-electron chi connectivity index (χ1n) is 6.63. The normalized spacial score (nSPS) is 10.2. The Morgan fingerprint density at radius 1 is 1.10 bits per heavy atom. The Labute approximate surface area is 128 Å². The highest BCUT2D eigenvalue weighted by Crippen LogP contribution is 2.39. The van der Waals surface area contributed by atoms with Crippen molar-refractivity contribution in [3.8, 4) is 17.2 Å². The van der Waals surface area contributed by atoms with Crippen molar-refractivity contribution in [3.05, 3.63) is 39.6 Å². The van der Waals surface area contributed by atoms with Crippen LogP contribution < -0.4 is 14.2 Å². The number of ether oxygens (including phenoxy) is 3. The second-order valence-electron chi connectivity index (χ2n) is 4.38. The molecule has 0 N–H and O–H groups in total. The van der Waals surface area contributed by atoms with Crippen molar-refractivity contribution in [1.29, 1.82) is 0 Å². The van der Waals surface area contributed by atoms with Crippen molar-refractivity contribution in [2.75, 3.05) is 14.2 Å². The largest absolute Gasteiger partial charge is 0.493 e. The van der Waals surface area contributed by atoms with Crippen molar-refractivity contribution in [1.82, 2.24) is 0 Å². The molecule has 0 amide bonds. The molecule has 0 saturated heterocycles. The molecule has 0 spiro atoms. The fourth-order valence-electron chi connectivity index (χ4n) is 1.94. The predicted octanol–water partition coefficient (Wildman–Crippen LogP) is 3.72. The van der Waals surface area contributed by atoms with Crippen LogP contribution >= 0.6 is 11.3 Å². The Hall–Kier alpha value is -2.01. The SMILES string of the molecule is CCc1ccc(COc2c(OC)cc(C=O)cc2OC)s1. The number of rotatable bonds is 7. The van der Waals surface area contributed by atoms with Crippen LogP contribution in [-0.2, 0) is 13.0 Å². The lowest BCUT2D eigenvalue weighted by atomic mass is 10.2. The lowest BCUT2D eigenvalue weighted by Crippen LogP contribution is -2.00. The zero-order valence-corrected chi connectivity index (χ0v) is 13.2. The van der Waals surface area contributed by atoms with Crippen LogP contribution in [0.15, 0.2) is 24.3 Å². The van der Waals surface area contributed by atoms with Gasteiger partial charge < -0.3 is 14.2 Å². The minimum absolute atomic E-state index is 0.442. The Bertz CT molecular complexity index is 593. The molecule has 0 atom stereocenters. The molecule has 112 valence electrons. The van der Waals surface area contributed by atoms with Gasteiger partial charge in [-0.15, -0.1) is 11.3 Å². The molecule has 0 aliphatic heterocycles. The van der Waals surface area contributed by atoms with Gasteiger partial charge >= 0.3 is 0 Å². The molecule has 2 rings (SSSR count). The van der Waals surface area contributed by atoms with Gasteiger partial charge in [0.15, 0.2) is 11.5 Å². The first kappa shape index (κ1) is 15.4. The maximum atomic E-state index is 10.9. The van der Waals surface area contributed by atoms with Gasteiger partial charge in [0.1, 0.15) is 12.9 Å². The maximum Gasteiger partial charge on any atom is 0.203 e. The average molecular weight is 306 g/mol. The molecular formula is C16H18O4S. The highest BCUT2D eigenvalue weighted by atomic mass is 32.1. The molecule has 0 bridgehead atoms. The molecule has 1 aromatic carbocycles. The van der Waals surface area contributed by atoms with Crippen LogP contribution in [0.3, 0.4) is 0 Å². The topological polar surface area (TPSA) is 44.8 Å². The summed E-state index contributed by atoms with van der Waals surface area (Å²) in [5.41, 5.74) is 0.487. The lowest BCUT2D eigenvalue weighted by Gasteiger charge is -2.14. The number of methoxy groups -OCH3 is 2. The molecule has 4 nitrogen and oxygen atoms in total. The van der Waals surface area contributed by atoms with Crippen LogP contribution in [0.1, 0.15) is 27.0 Å². The Balaban J connectivity index is 2.23. The van der Waals surface area contributed by atoms with Crippen molar-refractivity contribution in [2.24, 2.45) is 0 Å². The Kier molecular flexibility index (Phi) is 5.22. The van der Waals surface area contributed by atoms with E-state index in [9.17, 15) is 4.79 Å². The zero-order valence-electron chi connectivity index (χ0n) is 12.3. The first-order valence-corrected chi connectivity index (χ1v) is 7.45. The molecule has 1 heterocycles. The summed E-state index contributed by atoms with van der Waals surface area (Å²) in [7, 11) is 3.08. The average Bonchev–Trinajstić information content (AvgIpc) is 2.99. The monoisotopic (exact) mass is 306 g/mol. The van der Waals surface area contributed by atoms with Crippen LogP contribution in [0.5, 0.6) is 17.2 Å². The van der Waals surface area contributed by atoms with E-state index in [2.05, 4.69) is 19.1 Å². The number of aldehydes is 1. The van der Waals surface area contributed by atoms with Crippen LogP contribution in [0.4, 0.5) is 0 Å². The molecule has 5 heteroatoms. The van der Waals surface area contributed by atoms with Gasteiger partial charge in [-0.25, -0.2) is 0 Å². The summed E-state index contributed by atoms with van der Waals surface area (Å²) < 4.78 is 16.4. The molecule has 2 aromatic rings. The van der Waals surface area contributed by atoms with Gasteiger partial charge in [0.2, 0.25) is 5.75 Å². The van der Waals surface area contributed by atoms with E-state index < -0.39 is 0 Å². The number of hydrogen-bond donors (Lipinski definition) is 0. The molecular weight excluding hydrogens is 288 g/mol. The van der Waals surface area contributed by atoms with Crippen molar-refractivity contribution >= 4 is 17.6 Å². The van der Waals surface area contributed by atoms with E-state index in [-0.39, 0.29) is 0 Å². The predicted molar refractivity (Wildman–Crippen MR) is 83.0 cm³/mol. The third-order valence-electron chi connectivity index (χ3n) is 3.04. The molecule has 0 fully saturated rings. The van der Waals surface area contributed by atoms with Gasteiger partial charge in [-0.1, -0.05) is 6.92 Å². The zero-order chi connectivity index (χ0) is 15.2.